The predicted octanol–water partition coefficient (Wildman–Crippen LogP) is 1.10. The standard InChI is InChI=1S/C10H12ClNO3S/c1-10(13)6-12(7-10)16(14,15)9-5-3-2-4-8(9)11/h2-5,13H,6-7H2,1H3. The summed E-state index contributed by atoms with van der Waals surface area (Å²) < 4.78 is 25.3. The van der Waals surface area contributed by atoms with Crippen molar-refractivity contribution in [1.82, 2.24) is 4.31 Å². The van der Waals surface area contributed by atoms with E-state index in [4.69, 9.17) is 11.6 Å². The van der Waals surface area contributed by atoms with Crippen LogP contribution in [0.2, 0.25) is 5.02 Å². The molecular weight excluding hydrogens is 250 g/mol. The maximum atomic E-state index is 12.1. The number of halogens is 1. The summed E-state index contributed by atoms with van der Waals surface area (Å²) in [4.78, 5) is 0.0900. The molecule has 1 aromatic carbocycles. The molecule has 6 heteroatoms. The minimum absolute atomic E-state index is 0.0900. The van der Waals surface area contributed by atoms with E-state index in [2.05, 4.69) is 0 Å². The van der Waals surface area contributed by atoms with Gasteiger partial charge in [-0.2, -0.15) is 4.31 Å². The highest BCUT2D eigenvalue weighted by Gasteiger charge is 2.44. The van der Waals surface area contributed by atoms with Crippen LogP contribution >= 0.6 is 11.6 Å². The predicted molar refractivity (Wildman–Crippen MR) is 60.8 cm³/mol. The molecule has 2 rings (SSSR count). The van der Waals surface area contributed by atoms with E-state index in [1.807, 2.05) is 0 Å². The van der Waals surface area contributed by atoms with Crippen molar-refractivity contribution in [2.24, 2.45) is 0 Å². The van der Waals surface area contributed by atoms with E-state index in [0.717, 1.165) is 0 Å². The molecule has 1 heterocycles. The van der Waals surface area contributed by atoms with Crippen LogP contribution in [0.5, 0.6) is 0 Å². The van der Waals surface area contributed by atoms with Gasteiger partial charge in [0.05, 0.1) is 10.6 Å². The van der Waals surface area contributed by atoms with Gasteiger partial charge in [0, 0.05) is 13.1 Å². The summed E-state index contributed by atoms with van der Waals surface area (Å²) in [5.74, 6) is 0. The van der Waals surface area contributed by atoms with E-state index in [1.54, 1.807) is 19.1 Å². The summed E-state index contributed by atoms with van der Waals surface area (Å²) in [5, 5.41) is 9.73. The first kappa shape index (κ1) is 11.9. The second-order valence-electron chi connectivity index (χ2n) is 4.20. The van der Waals surface area contributed by atoms with E-state index in [9.17, 15) is 13.5 Å². The number of aliphatic hydroxyl groups is 1. The molecule has 0 bridgehead atoms. The summed E-state index contributed by atoms with van der Waals surface area (Å²) >= 11 is 5.84. The number of β-amino-alcohol motifs (C(OH)–C–C–N with tert-alkyl or cyclic N) is 1. The fourth-order valence-corrected chi connectivity index (χ4v) is 3.84. The monoisotopic (exact) mass is 261 g/mol. The number of hydrogen-bond acceptors (Lipinski definition) is 3. The molecule has 0 radical (unpaired) electrons. The van der Waals surface area contributed by atoms with Crippen molar-refractivity contribution in [2.75, 3.05) is 13.1 Å². The van der Waals surface area contributed by atoms with Gasteiger partial charge in [-0.15, -0.1) is 0 Å². The van der Waals surface area contributed by atoms with E-state index in [1.165, 1.54) is 16.4 Å². The van der Waals surface area contributed by atoms with Gasteiger partial charge in [-0.25, -0.2) is 8.42 Å². The van der Waals surface area contributed by atoms with E-state index in [0.29, 0.717) is 0 Å². The summed E-state index contributed by atoms with van der Waals surface area (Å²) in [7, 11) is -3.56. The van der Waals surface area contributed by atoms with E-state index < -0.39 is 15.6 Å². The van der Waals surface area contributed by atoms with Gasteiger partial charge in [0.2, 0.25) is 10.0 Å². The Kier molecular flexibility index (Phi) is 2.74. The molecule has 16 heavy (non-hydrogen) atoms. The van der Waals surface area contributed by atoms with Crippen molar-refractivity contribution in [3.05, 3.63) is 29.3 Å². The fourth-order valence-electron chi connectivity index (χ4n) is 1.68. The molecule has 1 fully saturated rings. The van der Waals surface area contributed by atoms with Crippen molar-refractivity contribution in [2.45, 2.75) is 17.4 Å². The molecule has 0 aliphatic carbocycles. The van der Waals surface area contributed by atoms with Crippen molar-refractivity contribution in [3.8, 4) is 0 Å². The Bertz CT molecular complexity index is 505. The molecule has 88 valence electrons. The van der Waals surface area contributed by atoms with Crippen LogP contribution in [0.4, 0.5) is 0 Å². The normalized spacial score (nSPS) is 20.4. The maximum absolute atomic E-state index is 12.1. The zero-order valence-corrected chi connectivity index (χ0v) is 10.3. The first-order valence-electron chi connectivity index (χ1n) is 4.80. The second kappa shape index (κ2) is 3.70. The first-order valence-corrected chi connectivity index (χ1v) is 6.62. The lowest BCUT2D eigenvalue weighted by atomic mass is 10.0. The fraction of sp³-hybridized carbons (Fsp3) is 0.400. The van der Waals surface area contributed by atoms with Gasteiger partial charge >= 0.3 is 0 Å². The van der Waals surface area contributed by atoms with Crippen molar-refractivity contribution >= 4 is 21.6 Å². The number of rotatable bonds is 2. The minimum Gasteiger partial charge on any atom is -0.387 e. The molecule has 1 saturated heterocycles. The molecule has 1 aliphatic heterocycles. The topological polar surface area (TPSA) is 57.6 Å². The highest BCUT2D eigenvalue weighted by Crippen LogP contribution is 2.30. The SMILES string of the molecule is CC1(O)CN(S(=O)(=O)c2ccccc2Cl)C1. The molecule has 1 N–H and O–H groups in total. The molecule has 1 aromatic rings. The Morgan fingerprint density at radius 2 is 1.94 bits per heavy atom. The van der Waals surface area contributed by atoms with Crippen LogP contribution in [-0.2, 0) is 10.0 Å². The van der Waals surface area contributed by atoms with Gasteiger partial charge in [0.1, 0.15) is 4.90 Å². The molecule has 0 unspecified atom stereocenters. The van der Waals surface area contributed by atoms with Gasteiger partial charge in [-0.05, 0) is 19.1 Å². The van der Waals surface area contributed by atoms with Crippen LogP contribution < -0.4 is 0 Å². The number of nitrogens with zero attached hydrogens (tertiary/aromatic N) is 1. The zero-order valence-electron chi connectivity index (χ0n) is 8.72. The third kappa shape index (κ3) is 1.96. The Morgan fingerprint density at radius 3 is 2.44 bits per heavy atom. The van der Waals surface area contributed by atoms with Gasteiger partial charge in [-0.1, -0.05) is 23.7 Å². The summed E-state index contributed by atoms with van der Waals surface area (Å²) in [6, 6.07) is 6.29. The molecule has 0 spiro atoms. The van der Waals surface area contributed by atoms with Crippen LogP contribution in [0.1, 0.15) is 6.92 Å². The smallest absolute Gasteiger partial charge is 0.244 e. The van der Waals surface area contributed by atoms with Gasteiger partial charge < -0.3 is 5.11 Å². The van der Waals surface area contributed by atoms with Crippen LogP contribution in [-0.4, -0.2) is 36.5 Å². The highest BCUT2D eigenvalue weighted by atomic mass is 35.5. The minimum atomic E-state index is -3.56. The third-order valence-corrected chi connectivity index (χ3v) is 4.78. The third-order valence-electron chi connectivity index (χ3n) is 2.49. The van der Waals surface area contributed by atoms with Gasteiger partial charge in [-0.3, -0.25) is 0 Å². The van der Waals surface area contributed by atoms with Crippen molar-refractivity contribution < 1.29 is 13.5 Å². The Balaban J connectivity index is 2.32. The summed E-state index contributed by atoms with van der Waals surface area (Å²) in [6.45, 7) is 1.83. The molecule has 0 aromatic heterocycles. The second-order valence-corrected chi connectivity index (χ2v) is 6.51. The van der Waals surface area contributed by atoms with Crippen LogP contribution in [0.15, 0.2) is 29.2 Å². The summed E-state index contributed by atoms with van der Waals surface area (Å²) in [6.07, 6.45) is 0. The number of benzene rings is 1. The molecule has 0 saturated carbocycles. The zero-order chi connectivity index (χ0) is 12.0. The molecule has 1 aliphatic rings. The van der Waals surface area contributed by atoms with Crippen LogP contribution in [0.25, 0.3) is 0 Å². The van der Waals surface area contributed by atoms with E-state index >= 15 is 0 Å². The Labute approximate surface area is 99.5 Å². The van der Waals surface area contributed by atoms with Crippen molar-refractivity contribution in [1.29, 1.82) is 0 Å². The first-order chi connectivity index (χ1) is 7.33. The lowest BCUT2D eigenvalue weighted by Gasteiger charge is -2.42. The Hall–Kier alpha value is -0.620. The average Bonchev–Trinajstić information content (AvgIpc) is 2.14. The maximum Gasteiger partial charge on any atom is 0.244 e. The lowest BCUT2D eigenvalue weighted by molar-refractivity contribution is -0.0426. The van der Waals surface area contributed by atoms with Gasteiger partial charge in [0.15, 0.2) is 0 Å². The molecule has 0 amide bonds. The lowest BCUT2D eigenvalue weighted by Crippen LogP contribution is -2.61. The molecule has 0 atom stereocenters. The average molecular weight is 262 g/mol. The largest absolute Gasteiger partial charge is 0.387 e. The quantitative estimate of drug-likeness (QED) is 0.867. The summed E-state index contributed by atoms with van der Waals surface area (Å²) in [5.41, 5.74) is -0.922. The van der Waals surface area contributed by atoms with Crippen LogP contribution in [0, 0.1) is 0 Å². The number of sulfonamides is 1. The Morgan fingerprint density at radius 1 is 1.38 bits per heavy atom. The van der Waals surface area contributed by atoms with Crippen LogP contribution in [0.3, 0.4) is 0 Å². The van der Waals surface area contributed by atoms with Crippen molar-refractivity contribution in [3.63, 3.8) is 0 Å². The molecular formula is C10H12ClNO3S. The molecule has 4 nitrogen and oxygen atoms in total. The highest BCUT2D eigenvalue weighted by molar-refractivity contribution is 7.89. The van der Waals surface area contributed by atoms with E-state index in [-0.39, 0.29) is 23.0 Å². The number of hydrogen-bond donors (Lipinski definition) is 1. The van der Waals surface area contributed by atoms with Gasteiger partial charge in [0.25, 0.3) is 0 Å².